The van der Waals surface area contributed by atoms with Crippen molar-refractivity contribution in [3.63, 3.8) is 0 Å². The highest BCUT2D eigenvalue weighted by Gasteiger charge is 2.06. The summed E-state index contributed by atoms with van der Waals surface area (Å²) in [7, 11) is 0. The second-order valence-electron chi connectivity index (χ2n) is 4.66. The van der Waals surface area contributed by atoms with Crippen molar-refractivity contribution in [3.8, 4) is 0 Å². The van der Waals surface area contributed by atoms with Crippen LogP contribution in [0.1, 0.15) is 22.3 Å². The highest BCUT2D eigenvalue weighted by Crippen LogP contribution is 2.06. The maximum atomic E-state index is 11.9. The van der Waals surface area contributed by atoms with Crippen LogP contribution in [-0.4, -0.2) is 23.3 Å². The van der Waals surface area contributed by atoms with Crippen LogP contribution in [0.3, 0.4) is 0 Å². The number of aryl methyl sites for hydroxylation is 1. The second-order valence-corrected chi connectivity index (χ2v) is 4.66. The first-order valence-corrected chi connectivity index (χ1v) is 6.70. The van der Waals surface area contributed by atoms with Gasteiger partial charge >= 0.3 is 6.03 Å². The van der Waals surface area contributed by atoms with E-state index in [1.165, 1.54) is 0 Å². The van der Waals surface area contributed by atoms with Crippen LogP contribution in [0.5, 0.6) is 0 Å². The monoisotopic (exact) mass is 283 g/mol. The largest absolute Gasteiger partial charge is 0.337 e. The molecule has 0 aliphatic heterocycles. The summed E-state index contributed by atoms with van der Waals surface area (Å²) in [6.45, 7) is 2.26. The molecule has 2 amide bonds. The van der Waals surface area contributed by atoms with Gasteiger partial charge in [0.05, 0.1) is 11.9 Å². The van der Waals surface area contributed by atoms with Crippen molar-refractivity contribution in [2.45, 2.75) is 13.3 Å². The predicted molar refractivity (Wildman–Crippen MR) is 81.4 cm³/mol. The van der Waals surface area contributed by atoms with Crippen LogP contribution >= 0.6 is 0 Å². The number of carbonyl (C=O) groups excluding carboxylic acids is 2. The third-order valence-corrected chi connectivity index (χ3v) is 2.93. The molecule has 2 rings (SSSR count). The fourth-order valence-electron chi connectivity index (χ4n) is 1.79. The van der Waals surface area contributed by atoms with Crippen LogP contribution in [0.2, 0.25) is 0 Å². The highest BCUT2D eigenvalue weighted by molar-refractivity contribution is 5.96. The minimum Gasteiger partial charge on any atom is -0.337 e. The lowest BCUT2D eigenvalue weighted by Crippen LogP contribution is -2.30. The number of benzene rings is 1. The van der Waals surface area contributed by atoms with Gasteiger partial charge in [-0.1, -0.05) is 29.8 Å². The first kappa shape index (κ1) is 14.7. The maximum Gasteiger partial charge on any atom is 0.319 e. The Bertz CT molecular complexity index is 609. The van der Waals surface area contributed by atoms with Crippen LogP contribution < -0.4 is 10.6 Å². The van der Waals surface area contributed by atoms with Crippen LogP contribution in [0, 0.1) is 6.92 Å². The van der Waals surface area contributed by atoms with E-state index < -0.39 is 0 Å². The summed E-state index contributed by atoms with van der Waals surface area (Å²) in [6.07, 6.45) is 3.45. The van der Waals surface area contributed by atoms with E-state index in [4.69, 9.17) is 0 Å². The van der Waals surface area contributed by atoms with E-state index in [0.29, 0.717) is 17.8 Å². The molecular weight excluding hydrogens is 266 g/mol. The molecule has 21 heavy (non-hydrogen) atoms. The molecule has 0 unspecified atom stereocenters. The third kappa shape index (κ3) is 4.72. The topological polar surface area (TPSA) is 71.1 Å². The van der Waals surface area contributed by atoms with Gasteiger partial charge in [0.1, 0.15) is 0 Å². The summed E-state index contributed by atoms with van der Waals surface area (Å²) in [5.41, 5.74) is 2.38. The second kappa shape index (κ2) is 7.19. The van der Waals surface area contributed by atoms with Crippen molar-refractivity contribution >= 4 is 17.5 Å². The van der Waals surface area contributed by atoms with Crippen molar-refractivity contribution < 1.29 is 9.59 Å². The first-order valence-electron chi connectivity index (χ1n) is 6.70. The SMILES string of the molecule is Cc1ccc(C(=O)CCNC(=O)Nc2cccnc2)cc1. The number of hydrogen-bond acceptors (Lipinski definition) is 3. The fraction of sp³-hybridized carbons (Fsp3) is 0.188. The smallest absolute Gasteiger partial charge is 0.319 e. The Morgan fingerprint density at radius 1 is 1.14 bits per heavy atom. The molecule has 1 aromatic heterocycles. The van der Waals surface area contributed by atoms with Gasteiger partial charge in [-0.3, -0.25) is 9.78 Å². The molecule has 1 aromatic carbocycles. The molecule has 0 atom stereocenters. The minimum absolute atomic E-state index is 0.0108. The Morgan fingerprint density at radius 2 is 1.90 bits per heavy atom. The molecule has 1 heterocycles. The summed E-state index contributed by atoms with van der Waals surface area (Å²) >= 11 is 0. The van der Waals surface area contributed by atoms with Gasteiger partial charge in [-0.2, -0.15) is 0 Å². The highest BCUT2D eigenvalue weighted by atomic mass is 16.2. The molecule has 0 aliphatic rings. The summed E-state index contributed by atoms with van der Waals surface area (Å²) in [6, 6.07) is 10.5. The summed E-state index contributed by atoms with van der Waals surface area (Å²) in [4.78, 5) is 27.4. The van der Waals surface area contributed by atoms with Gasteiger partial charge in [0.25, 0.3) is 0 Å². The number of anilines is 1. The molecule has 0 radical (unpaired) electrons. The van der Waals surface area contributed by atoms with Gasteiger partial charge in [-0.05, 0) is 19.1 Å². The molecule has 0 bridgehead atoms. The average Bonchev–Trinajstić information content (AvgIpc) is 2.49. The number of nitrogens with zero attached hydrogens (tertiary/aromatic N) is 1. The summed E-state index contributed by atoms with van der Waals surface area (Å²) in [5.74, 6) is 0.0108. The first-order chi connectivity index (χ1) is 10.1. The molecule has 108 valence electrons. The Kier molecular flexibility index (Phi) is 5.04. The van der Waals surface area contributed by atoms with Crippen LogP contribution in [0.25, 0.3) is 0 Å². The molecule has 0 saturated carbocycles. The standard InChI is InChI=1S/C16H17N3O2/c1-12-4-6-13(7-5-12)15(20)8-10-18-16(21)19-14-3-2-9-17-11-14/h2-7,9,11H,8,10H2,1H3,(H2,18,19,21). The molecule has 0 spiro atoms. The van der Waals surface area contributed by atoms with Crippen molar-refractivity contribution in [2.75, 3.05) is 11.9 Å². The van der Waals surface area contributed by atoms with Crippen molar-refractivity contribution in [3.05, 3.63) is 59.9 Å². The Balaban J connectivity index is 1.75. The zero-order valence-electron chi connectivity index (χ0n) is 11.8. The number of urea groups is 1. The third-order valence-electron chi connectivity index (χ3n) is 2.93. The number of aromatic nitrogens is 1. The molecule has 0 aliphatic carbocycles. The summed E-state index contributed by atoms with van der Waals surface area (Å²) in [5, 5.41) is 5.28. The summed E-state index contributed by atoms with van der Waals surface area (Å²) < 4.78 is 0. The number of carbonyl (C=O) groups is 2. The van der Waals surface area contributed by atoms with Gasteiger partial charge in [-0.15, -0.1) is 0 Å². The molecule has 0 fully saturated rings. The average molecular weight is 283 g/mol. The van der Waals surface area contributed by atoms with Gasteiger partial charge in [0.15, 0.2) is 5.78 Å². The Labute approximate surface area is 123 Å². The van der Waals surface area contributed by atoms with Crippen LogP contribution in [0.4, 0.5) is 10.5 Å². The number of hydrogen-bond donors (Lipinski definition) is 2. The van der Waals surface area contributed by atoms with Crippen molar-refractivity contribution in [2.24, 2.45) is 0 Å². The van der Waals surface area contributed by atoms with E-state index in [1.807, 2.05) is 19.1 Å². The van der Waals surface area contributed by atoms with Crippen molar-refractivity contribution in [1.82, 2.24) is 10.3 Å². The minimum atomic E-state index is -0.347. The Morgan fingerprint density at radius 3 is 2.57 bits per heavy atom. The van der Waals surface area contributed by atoms with Crippen LogP contribution in [0.15, 0.2) is 48.8 Å². The van der Waals surface area contributed by atoms with Gasteiger partial charge in [-0.25, -0.2) is 4.79 Å². The number of amides is 2. The number of ketones is 1. The van der Waals surface area contributed by atoms with Gasteiger partial charge < -0.3 is 10.6 Å². The van der Waals surface area contributed by atoms with E-state index in [-0.39, 0.29) is 18.2 Å². The lowest BCUT2D eigenvalue weighted by Gasteiger charge is -2.07. The lowest BCUT2D eigenvalue weighted by atomic mass is 10.1. The quantitative estimate of drug-likeness (QED) is 0.829. The zero-order valence-corrected chi connectivity index (χ0v) is 11.8. The van der Waals surface area contributed by atoms with E-state index in [9.17, 15) is 9.59 Å². The van der Waals surface area contributed by atoms with E-state index in [0.717, 1.165) is 5.56 Å². The number of nitrogens with one attached hydrogen (secondary N) is 2. The molecular formula is C16H17N3O2. The molecule has 2 aromatic rings. The molecule has 5 heteroatoms. The predicted octanol–water partition coefficient (Wildman–Crippen LogP) is 2.78. The number of Topliss-reactive ketones (excluding diaryl/α,β-unsaturated/α-hetero) is 1. The van der Waals surface area contributed by atoms with Crippen LogP contribution in [-0.2, 0) is 0 Å². The maximum absolute atomic E-state index is 11.9. The van der Waals surface area contributed by atoms with Gasteiger partial charge in [0, 0.05) is 24.7 Å². The number of rotatable bonds is 5. The molecule has 2 N–H and O–H groups in total. The zero-order chi connectivity index (χ0) is 15.1. The van der Waals surface area contributed by atoms with Gasteiger partial charge in [0.2, 0.25) is 0 Å². The van der Waals surface area contributed by atoms with E-state index in [1.54, 1.807) is 36.7 Å². The normalized spacial score (nSPS) is 9.95. The fourth-order valence-corrected chi connectivity index (χ4v) is 1.79. The Hall–Kier alpha value is -2.69. The van der Waals surface area contributed by atoms with Crippen molar-refractivity contribution in [1.29, 1.82) is 0 Å². The van der Waals surface area contributed by atoms with E-state index in [2.05, 4.69) is 15.6 Å². The lowest BCUT2D eigenvalue weighted by molar-refractivity contribution is 0.0984. The molecule has 0 saturated heterocycles. The van der Waals surface area contributed by atoms with E-state index >= 15 is 0 Å². The molecule has 5 nitrogen and oxygen atoms in total. The number of pyridine rings is 1.